The van der Waals surface area contributed by atoms with E-state index in [4.69, 9.17) is 9.84 Å². The highest BCUT2D eigenvalue weighted by molar-refractivity contribution is 5.66. The van der Waals surface area contributed by atoms with Gasteiger partial charge in [0.2, 0.25) is 0 Å². The molecule has 1 N–H and O–H groups in total. The number of likely N-dealkylation sites (tertiary alicyclic amines) is 1. The number of nitrogens with zero attached hydrogens (tertiary/aromatic N) is 1. The minimum absolute atomic E-state index is 0.287. The van der Waals surface area contributed by atoms with Crippen LogP contribution in [0.3, 0.4) is 0 Å². The summed E-state index contributed by atoms with van der Waals surface area (Å²) in [5, 5.41) is 8.79. The largest absolute Gasteiger partial charge is 0.481 e. The Morgan fingerprint density at radius 2 is 2.16 bits per heavy atom. The van der Waals surface area contributed by atoms with Gasteiger partial charge in [-0.05, 0) is 38.1 Å². The van der Waals surface area contributed by atoms with Gasteiger partial charge in [-0.3, -0.25) is 9.69 Å². The molecule has 0 saturated carbocycles. The molecular formula is C15H29NO3. The molecule has 1 unspecified atom stereocenters. The van der Waals surface area contributed by atoms with Crippen LogP contribution in [0.15, 0.2) is 0 Å². The smallest absolute Gasteiger partial charge is 0.303 e. The predicted molar refractivity (Wildman–Crippen MR) is 76.4 cm³/mol. The quantitative estimate of drug-likeness (QED) is 0.655. The van der Waals surface area contributed by atoms with Gasteiger partial charge in [-0.25, -0.2) is 0 Å². The van der Waals surface area contributed by atoms with Crippen molar-refractivity contribution in [2.24, 2.45) is 5.92 Å². The van der Waals surface area contributed by atoms with Crippen molar-refractivity contribution >= 4 is 5.97 Å². The van der Waals surface area contributed by atoms with Crippen LogP contribution < -0.4 is 0 Å². The average Bonchev–Trinajstić information content (AvgIpc) is 2.36. The van der Waals surface area contributed by atoms with Gasteiger partial charge in [-0.2, -0.15) is 0 Å². The van der Waals surface area contributed by atoms with Gasteiger partial charge in [-0.15, -0.1) is 0 Å². The van der Waals surface area contributed by atoms with Crippen molar-refractivity contribution < 1.29 is 14.6 Å². The second-order valence-electron chi connectivity index (χ2n) is 5.91. The summed E-state index contributed by atoms with van der Waals surface area (Å²) in [6, 6.07) is 0.443. The van der Waals surface area contributed by atoms with Gasteiger partial charge >= 0.3 is 5.97 Å². The molecule has 4 nitrogen and oxygen atoms in total. The van der Waals surface area contributed by atoms with E-state index in [1.54, 1.807) is 0 Å². The number of ether oxygens (including phenoxy) is 1. The van der Waals surface area contributed by atoms with Crippen LogP contribution in [0.4, 0.5) is 0 Å². The Hall–Kier alpha value is -0.610. The van der Waals surface area contributed by atoms with E-state index in [0.717, 1.165) is 45.6 Å². The van der Waals surface area contributed by atoms with Gasteiger partial charge in [0, 0.05) is 25.6 Å². The van der Waals surface area contributed by atoms with Gasteiger partial charge in [0.15, 0.2) is 0 Å². The maximum Gasteiger partial charge on any atom is 0.303 e. The Balaban J connectivity index is 2.18. The molecule has 0 aromatic heterocycles. The topological polar surface area (TPSA) is 49.8 Å². The van der Waals surface area contributed by atoms with E-state index in [2.05, 4.69) is 18.7 Å². The SMILES string of the molecule is CC(C)CCOCCN1CCCCC1CCC(=O)O. The Labute approximate surface area is 117 Å². The molecule has 0 spiro atoms. The molecule has 1 aliphatic heterocycles. The van der Waals surface area contributed by atoms with Crippen LogP contribution in [0.1, 0.15) is 52.4 Å². The molecule has 0 aliphatic carbocycles. The molecule has 0 aromatic carbocycles. The maximum atomic E-state index is 10.7. The third kappa shape index (κ3) is 7.53. The van der Waals surface area contributed by atoms with Gasteiger partial charge in [0.25, 0.3) is 0 Å². The number of carboxylic acid groups (broad SMARTS) is 1. The Morgan fingerprint density at radius 3 is 2.84 bits per heavy atom. The van der Waals surface area contributed by atoms with Gasteiger partial charge in [0.1, 0.15) is 0 Å². The number of carboxylic acids is 1. The van der Waals surface area contributed by atoms with Crippen molar-refractivity contribution in [1.29, 1.82) is 0 Å². The third-order valence-electron chi connectivity index (χ3n) is 3.80. The van der Waals surface area contributed by atoms with Crippen LogP contribution in [0.25, 0.3) is 0 Å². The monoisotopic (exact) mass is 271 g/mol. The third-order valence-corrected chi connectivity index (χ3v) is 3.80. The molecule has 1 aliphatic rings. The van der Waals surface area contributed by atoms with Crippen molar-refractivity contribution in [3.63, 3.8) is 0 Å². The summed E-state index contributed by atoms with van der Waals surface area (Å²) in [5.74, 6) is 0.0111. The summed E-state index contributed by atoms with van der Waals surface area (Å²) >= 11 is 0. The standard InChI is InChI=1S/C15H29NO3/c1-13(2)8-11-19-12-10-16-9-4-3-5-14(16)6-7-15(17)18/h13-14H,3-12H2,1-2H3,(H,17,18). The fraction of sp³-hybridized carbons (Fsp3) is 0.933. The number of hydrogen-bond acceptors (Lipinski definition) is 3. The molecule has 4 heteroatoms. The van der Waals surface area contributed by atoms with Crippen LogP contribution >= 0.6 is 0 Å². The Kier molecular flexibility index (Phi) is 8.07. The highest BCUT2D eigenvalue weighted by atomic mass is 16.5. The van der Waals surface area contributed by atoms with E-state index in [-0.39, 0.29) is 6.42 Å². The first-order chi connectivity index (χ1) is 9.09. The fourth-order valence-corrected chi connectivity index (χ4v) is 2.57. The molecule has 112 valence electrons. The van der Waals surface area contributed by atoms with Crippen molar-refractivity contribution in [2.45, 2.75) is 58.4 Å². The molecule has 0 bridgehead atoms. The average molecular weight is 271 g/mol. The van der Waals surface area contributed by atoms with Crippen LogP contribution in [0.2, 0.25) is 0 Å². The zero-order valence-corrected chi connectivity index (χ0v) is 12.4. The zero-order chi connectivity index (χ0) is 14.1. The summed E-state index contributed by atoms with van der Waals surface area (Å²) in [4.78, 5) is 13.1. The molecule has 1 rings (SSSR count). The molecule has 0 radical (unpaired) electrons. The summed E-state index contributed by atoms with van der Waals surface area (Å²) < 4.78 is 5.66. The lowest BCUT2D eigenvalue weighted by Crippen LogP contribution is -2.41. The molecule has 1 atom stereocenters. The number of carbonyl (C=O) groups is 1. The first kappa shape index (κ1) is 16.4. The lowest BCUT2D eigenvalue weighted by Gasteiger charge is -2.35. The second-order valence-corrected chi connectivity index (χ2v) is 5.91. The minimum atomic E-state index is -0.682. The van der Waals surface area contributed by atoms with Crippen molar-refractivity contribution in [2.75, 3.05) is 26.3 Å². The number of hydrogen-bond donors (Lipinski definition) is 1. The number of piperidine rings is 1. The van der Waals surface area contributed by atoms with E-state index in [1.807, 2.05) is 0 Å². The van der Waals surface area contributed by atoms with Crippen molar-refractivity contribution in [3.05, 3.63) is 0 Å². The van der Waals surface area contributed by atoms with Crippen LogP contribution in [-0.4, -0.2) is 48.3 Å². The first-order valence-electron chi connectivity index (χ1n) is 7.63. The van der Waals surface area contributed by atoms with Crippen molar-refractivity contribution in [1.82, 2.24) is 4.90 Å². The van der Waals surface area contributed by atoms with E-state index < -0.39 is 5.97 Å². The van der Waals surface area contributed by atoms with Crippen molar-refractivity contribution in [3.8, 4) is 0 Å². The normalized spacial score (nSPS) is 20.9. The minimum Gasteiger partial charge on any atom is -0.481 e. The van der Waals surface area contributed by atoms with E-state index in [1.165, 1.54) is 12.8 Å². The molecule has 1 fully saturated rings. The predicted octanol–water partition coefficient (Wildman–Crippen LogP) is 2.77. The maximum absolute atomic E-state index is 10.7. The van der Waals surface area contributed by atoms with E-state index >= 15 is 0 Å². The van der Waals surface area contributed by atoms with Crippen LogP contribution in [0, 0.1) is 5.92 Å². The van der Waals surface area contributed by atoms with Crippen LogP contribution in [0.5, 0.6) is 0 Å². The Bertz CT molecular complexity index is 256. The fourth-order valence-electron chi connectivity index (χ4n) is 2.57. The second kappa shape index (κ2) is 9.32. The molecule has 1 heterocycles. The Morgan fingerprint density at radius 1 is 1.37 bits per heavy atom. The highest BCUT2D eigenvalue weighted by Crippen LogP contribution is 2.20. The lowest BCUT2D eigenvalue weighted by atomic mass is 9.98. The molecule has 0 amide bonds. The van der Waals surface area contributed by atoms with E-state index in [9.17, 15) is 4.79 Å². The van der Waals surface area contributed by atoms with Crippen LogP contribution in [-0.2, 0) is 9.53 Å². The summed E-state index contributed by atoms with van der Waals surface area (Å²) in [7, 11) is 0. The highest BCUT2D eigenvalue weighted by Gasteiger charge is 2.22. The molecular weight excluding hydrogens is 242 g/mol. The zero-order valence-electron chi connectivity index (χ0n) is 12.4. The summed E-state index contributed by atoms with van der Waals surface area (Å²) in [6.07, 6.45) is 5.78. The van der Waals surface area contributed by atoms with Gasteiger partial charge in [0.05, 0.1) is 6.61 Å². The number of rotatable bonds is 9. The molecule has 1 saturated heterocycles. The molecule has 19 heavy (non-hydrogen) atoms. The van der Waals surface area contributed by atoms with E-state index in [0.29, 0.717) is 12.0 Å². The van der Waals surface area contributed by atoms with Gasteiger partial charge < -0.3 is 9.84 Å². The summed E-state index contributed by atoms with van der Waals surface area (Å²) in [5.41, 5.74) is 0. The molecule has 0 aromatic rings. The summed E-state index contributed by atoms with van der Waals surface area (Å²) in [6.45, 7) is 8.06. The number of aliphatic carboxylic acids is 1. The first-order valence-corrected chi connectivity index (χ1v) is 7.63. The lowest BCUT2D eigenvalue weighted by molar-refractivity contribution is -0.137. The van der Waals surface area contributed by atoms with Gasteiger partial charge in [-0.1, -0.05) is 20.3 Å².